The molecule has 1 heterocycles. The van der Waals surface area contributed by atoms with Crippen LogP contribution in [0.3, 0.4) is 0 Å². The van der Waals surface area contributed by atoms with Crippen LogP contribution < -0.4 is 4.74 Å². The molecule has 0 amide bonds. The molecule has 2 aliphatic rings. The molecule has 0 spiro atoms. The first kappa shape index (κ1) is 23.5. The molecule has 1 N–H and O–H groups in total. The lowest BCUT2D eigenvalue weighted by Gasteiger charge is -2.52. The molecule has 0 unspecified atom stereocenters. The highest BCUT2D eigenvalue weighted by molar-refractivity contribution is 8.01. The number of hydrogen-bond acceptors (Lipinski definition) is 4. The maximum atomic E-state index is 11.6. The molecule has 0 aromatic heterocycles. The van der Waals surface area contributed by atoms with Gasteiger partial charge in [-0.05, 0) is 48.1 Å². The minimum absolute atomic E-state index is 0.00709. The Morgan fingerprint density at radius 2 is 1.65 bits per heavy atom. The average molecular weight is 475 g/mol. The minimum atomic E-state index is -0.979. The number of fused-ring (bicyclic) bond motifs is 3. The number of ether oxygens (including phenoxy) is 2. The number of rotatable bonds is 6. The summed E-state index contributed by atoms with van der Waals surface area (Å²) in [4.78, 5) is 0. The molecule has 1 aliphatic carbocycles. The van der Waals surface area contributed by atoms with Crippen LogP contribution in [0.4, 0.5) is 0 Å². The highest BCUT2D eigenvalue weighted by Crippen LogP contribution is 2.56. The van der Waals surface area contributed by atoms with Crippen molar-refractivity contribution in [2.24, 2.45) is 5.92 Å². The van der Waals surface area contributed by atoms with E-state index < -0.39 is 5.60 Å². The van der Waals surface area contributed by atoms with Crippen LogP contribution in [0.1, 0.15) is 55.5 Å². The molecule has 3 nitrogen and oxygen atoms in total. The van der Waals surface area contributed by atoms with Crippen LogP contribution in [0.5, 0.6) is 5.75 Å². The summed E-state index contributed by atoms with van der Waals surface area (Å²) in [6.07, 6.45) is 2.55. The van der Waals surface area contributed by atoms with Gasteiger partial charge in [0, 0.05) is 17.1 Å². The zero-order chi connectivity index (χ0) is 23.8. The van der Waals surface area contributed by atoms with E-state index in [0.717, 1.165) is 29.7 Å². The Kier molecular flexibility index (Phi) is 6.49. The van der Waals surface area contributed by atoms with Gasteiger partial charge in [-0.1, -0.05) is 86.6 Å². The number of thioether (sulfide) groups is 1. The molecule has 1 fully saturated rings. The molecule has 4 heteroatoms. The van der Waals surface area contributed by atoms with Gasteiger partial charge >= 0.3 is 0 Å². The van der Waals surface area contributed by atoms with E-state index in [-0.39, 0.29) is 16.3 Å². The third-order valence-electron chi connectivity index (χ3n) is 7.27. The Labute approximate surface area is 207 Å². The Balaban J connectivity index is 1.41. The van der Waals surface area contributed by atoms with Gasteiger partial charge in [0.15, 0.2) is 0 Å². The van der Waals surface area contributed by atoms with Crippen LogP contribution >= 0.6 is 11.8 Å². The van der Waals surface area contributed by atoms with Crippen molar-refractivity contribution in [2.45, 2.75) is 68.5 Å². The summed E-state index contributed by atoms with van der Waals surface area (Å²) in [5.74, 6) is 1.34. The van der Waals surface area contributed by atoms with Crippen molar-refractivity contribution in [3.8, 4) is 5.75 Å². The second kappa shape index (κ2) is 9.41. The van der Waals surface area contributed by atoms with Crippen molar-refractivity contribution < 1.29 is 14.6 Å². The second-order valence-corrected chi connectivity index (χ2v) is 12.1. The Hall–Kier alpha value is -2.27. The van der Waals surface area contributed by atoms with Gasteiger partial charge in [0.2, 0.25) is 0 Å². The predicted molar refractivity (Wildman–Crippen MR) is 139 cm³/mol. The van der Waals surface area contributed by atoms with Gasteiger partial charge in [-0.3, -0.25) is 0 Å². The summed E-state index contributed by atoms with van der Waals surface area (Å²) < 4.78 is 13.0. The van der Waals surface area contributed by atoms with E-state index in [1.165, 1.54) is 11.1 Å². The zero-order valence-corrected chi connectivity index (χ0v) is 21.1. The van der Waals surface area contributed by atoms with Gasteiger partial charge in [-0.2, -0.15) is 0 Å². The molecule has 1 aliphatic heterocycles. The molecule has 4 atom stereocenters. The first-order valence-corrected chi connectivity index (χ1v) is 13.1. The SMILES string of the molecule is CC1(C)S[C@H]([C@](C)(O)Cc2ccccc2)O[C@H]2c3cccc(OCc4ccccc4)c3CC[C@H]21. The van der Waals surface area contributed by atoms with Crippen LogP contribution in [0, 0.1) is 5.92 Å². The first-order valence-electron chi connectivity index (χ1n) is 12.2. The molecular weight excluding hydrogens is 440 g/mol. The van der Waals surface area contributed by atoms with Crippen molar-refractivity contribution in [3.63, 3.8) is 0 Å². The topological polar surface area (TPSA) is 38.7 Å². The van der Waals surface area contributed by atoms with E-state index >= 15 is 0 Å². The molecule has 0 radical (unpaired) electrons. The normalized spacial score (nSPS) is 25.0. The van der Waals surface area contributed by atoms with E-state index in [2.05, 4.69) is 56.3 Å². The fourth-order valence-electron chi connectivity index (χ4n) is 5.43. The largest absolute Gasteiger partial charge is 0.489 e. The molecule has 34 heavy (non-hydrogen) atoms. The number of aliphatic hydroxyl groups is 1. The second-order valence-electron chi connectivity index (χ2n) is 10.4. The van der Waals surface area contributed by atoms with Crippen molar-refractivity contribution in [1.82, 2.24) is 0 Å². The monoisotopic (exact) mass is 474 g/mol. The van der Waals surface area contributed by atoms with Gasteiger partial charge in [0.05, 0.1) is 6.10 Å². The van der Waals surface area contributed by atoms with E-state index in [4.69, 9.17) is 9.47 Å². The summed E-state index contributed by atoms with van der Waals surface area (Å²) in [5, 5.41) is 11.6. The highest BCUT2D eigenvalue weighted by atomic mass is 32.2. The third-order valence-corrected chi connectivity index (χ3v) is 9.01. The fraction of sp³-hybridized carbons (Fsp3) is 0.400. The van der Waals surface area contributed by atoms with Gasteiger partial charge in [0.25, 0.3) is 0 Å². The van der Waals surface area contributed by atoms with Crippen LogP contribution in [0.15, 0.2) is 78.9 Å². The Morgan fingerprint density at radius 3 is 2.35 bits per heavy atom. The Morgan fingerprint density at radius 1 is 0.971 bits per heavy atom. The van der Waals surface area contributed by atoms with Crippen LogP contribution in [-0.4, -0.2) is 20.9 Å². The lowest BCUT2D eigenvalue weighted by atomic mass is 9.75. The highest BCUT2D eigenvalue weighted by Gasteiger charge is 2.51. The molecule has 5 rings (SSSR count). The Bertz CT molecular complexity index is 1110. The molecular formula is C30H34O3S. The van der Waals surface area contributed by atoms with E-state index in [0.29, 0.717) is 18.9 Å². The summed E-state index contributed by atoms with van der Waals surface area (Å²) in [7, 11) is 0. The van der Waals surface area contributed by atoms with Crippen molar-refractivity contribution in [1.29, 1.82) is 0 Å². The maximum Gasteiger partial charge on any atom is 0.133 e. The van der Waals surface area contributed by atoms with Crippen molar-refractivity contribution in [2.75, 3.05) is 0 Å². The van der Waals surface area contributed by atoms with E-state index in [1.54, 1.807) is 11.8 Å². The average Bonchev–Trinajstić information content (AvgIpc) is 2.83. The summed E-state index contributed by atoms with van der Waals surface area (Å²) >= 11 is 1.78. The van der Waals surface area contributed by atoms with E-state index in [1.807, 2.05) is 43.3 Å². The molecule has 0 bridgehead atoms. The number of hydrogen-bond donors (Lipinski definition) is 1. The van der Waals surface area contributed by atoms with Gasteiger partial charge < -0.3 is 14.6 Å². The molecule has 178 valence electrons. The van der Waals surface area contributed by atoms with Crippen LogP contribution in [0.25, 0.3) is 0 Å². The van der Waals surface area contributed by atoms with Gasteiger partial charge in [0.1, 0.15) is 23.4 Å². The van der Waals surface area contributed by atoms with Gasteiger partial charge in [-0.25, -0.2) is 0 Å². The van der Waals surface area contributed by atoms with E-state index in [9.17, 15) is 5.11 Å². The van der Waals surface area contributed by atoms with Crippen molar-refractivity contribution in [3.05, 3.63) is 101 Å². The molecule has 0 saturated carbocycles. The smallest absolute Gasteiger partial charge is 0.133 e. The molecule has 3 aromatic rings. The minimum Gasteiger partial charge on any atom is -0.489 e. The fourth-order valence-corrected chi connectivity index (χ4v) is 6.91. The maximum absolute atomic E-state index is 11.6. The van der Waals surface area contributed by atoms with Gasteiger partial charge in [-0.15, -0.1) is 11.8 Å². The molecule has 3 aromatic carbocycles. The zero-order valence-electron chi connectivity index (χ0n) is 20.2. The van der Waals surface area contributed by atoms with Crippen LogP contribution in [-0.2, 0) is 24.2 Å². The predicted octanol–water partition coefficient (Wildman–Crippen LogP) is 6.73. The number of benzene rings is 3. The molecule has 1 saturated heterocycles. The summed E-state index contributed by atoms with van der Waals surface area (Å²) in [6, 6.07) is 26.8. The summed E-state index contributed by atoms with van der Waals surface area (Å²) in [5.41, 5.74) is 3.46. The first-order chi connectivity index (χ1) is 16.3. The lowest BCUT2D eigenvalue weighted by Crippen LogP contribution is -2.52. The third kappa shape index (κ3) is 4.77. The quantitative estimate of drug-likeness (QED) is 0.430. The van der Waals surface area contributed by atoms with Crippen LogP contribution in [0.2, 0.25) is 0 Å². The summed E-state index contributed by atoms with van der Waals surface area (Å²) in [6.45, 7) is 7.09. The van der Waals surface area contributed by atoms with Crippen molar-refractivity contribution >= 4 is 11.8 Å². The standard InChI is InChI=1S/C30H34O3S/c1-29(2)25-18-17-23-24(15-10-16-26(23)32-20-22-13-8-5-9-14-22)27(25)33-28(34-29)30(3,31)19-21-11-6-4-7-12-21/h4-16,25,27-28,31H,17-20H2,1-3H3/t25-,27+,28-,30-/m1/s1. The lowest BCUT2D eigenvalue weighted by molar-refractivity contribution is -0.117.